The summed E-state index contributed by atoms with van der Waals surface area (Å²) in [4.78, 5) is 20.7. The van der Waals surface area contributed by atoms with Crippen molar-refractivity contribution in [1.29, 1.82) is 0 Å². The predicted octanol–water partition coefficient (Wildman–Crippen LogP) is -0.0249. The molecule has 0 aromatic rings. The Morgan fingerprint density at radius 3 is 2.29 bits per heavy atom. The van der Waals surface area contributed by atoms with E-state index in [1.807, 2.05) is 0 Å². The fourth-order valence-electron chi connectivity index (χ4n) is 0.742. The number of aliphatic carboxylic acids is 1. The Hall–Kier alpha value is -1.16. The molecule has 6 nitrogen and oxygen atoms in total. The van der Waals surface area contributed by atoms with Gasteiger partial charge >= 0.3 is 18.1 Å². The fraction of sp³-hybridized carbons (Fsp3) is 0.714. The summed E-state index contributed by atoms with van der Waals surface area (Å²) in [5.74, 6) is -4.32. The Morgan fingerprint density at radius 2 is 1.94 bits per heavy atom. The lowest BCUT2D eigenvalue weighted by molar-refractivity contribution is -0.169. The minimum absolute atomic E-state index is 0.334. The summed E-state index contributed by atoms with van der Waals surface area (Å²) in [5.41, 5.74) is 5.07. The summed E-state index contributed by atoms with van der Waals surface area (Å²) in [5, 5.41) is 8.39. The second-order valence-corrected chi connectivity index (χ2v) is 5.80. The third kappa shape index (κ3) is 6.22. The van der Waals surface area contributed by atoms with Crippen LogP contribution in [0, 0.1) is 0 Å². The number of nitrogens with zero attached hydrogens (tertiary/aromatic N) is 1. The van der Waals surface area contributed by atoms with Crippen molar-refractivity contribution in [3.05, 3.63) is 0 Å². The molecule has 2 unspecified atom stereocenters. The summed E-state index contributed by atoms with van der Waals surface area (Å²) in [6.45, 7) is 0. The van der Waals surface area contributed by atoms with Gasteiger partial charge in [-0.05, 0) is 6.42 Å². The Bertz CT molecular complexity index is 425. The molecule has 0 rings (SSSR count). The van der Waals surface area contributed by atoms with Gasteiger partial charge in [0.2, 0.25) is 0 Å². The van der Waals surface area contributed by atoms with Crippen LogP contribution in [-0.2, 0) is 19.3 Å². The SMILES string of the molecule is CS(=O)(CCC(N)C(=O)O)=NC(=O)C(F)(F)F. The van der Waals surface area contributed by atoms with E-state index >= 15 is 0 Å². The smallest absolute Gasteiger partial charge is 0.474 e. The summed E-state index contributed by atoms with van der Waals surface area (Å²) in [7, 11) is -3.43. The molecule has 0 radical (unpaired) electrons. The summed E-state index contributed by atoms with van der Waals surface area (Å²) >= 11 is 0. The molecule has 0 heterocycles. The molecule has 3 N–H and O–H groups in total. The van der Waals surface area contributed by atoms with E-state index in [4.69, 9.17) is 10.8 Å². The van der Waals surface area contributed by atoms with Gasteiger partial charge in [0, 0.05) is 12.0 Å². The minimum Gasteiger partial charge on any atom is -0.480 e. The number of nitrogens with two attached hydrogens (primary N) is 1. The number of carbonyl (C=O) groups is 2. The van der Waals surface area contributed by atoms with Gasteiger partial charge in [0.15, 0.2) is 0 Å². The van der Waals surface area contributed by atoms with Crippen LogP contribution in [0.5, 0.6) is 0 Å². The second-order valence-electron chi connectivity index (χ2n) is 3.29. The molecule has 0 aliphatic carbocycles. The zero-order chi connectivity index (χ0) is 13.9. The van der Waals surface area contributed by atoms with E-state index in [0.29, 0.717) is 0 Å². The Morgan fingerprint density at radius 1 is 1.47 bits per heavy atom. The van der Waals surface area contributed by atoms with E-state index in [1.165, 1.54) is 0 Å². The Kier molecular flexibility index (Phi) is 5.08. The number of hydrogen-bond acceptors (Lipinski definition) is 4. The molecule has 0 aliphatic rings. The maximum absolute atomic E-state index is 11.8. The molecule has 0 spiro atoms. The molecule has 10 heteroatoms. The monoisotopic (exact) mass is 276 g/mol. The first-order chi connectivity index (χ1) is 7.46. The maximum Gasteiger partial charge on any atom is 0.474 e. The van der Waals surface area contributed by atoms with Gasteiger partial charge < -0.3 is 10.8 Å². The van der Waals surface area contributed by atoms with E-state index in [1.54, 1.807) is 0 Å². The van der Waals surface area contributed by atoms with Crippen LogP contribution in [-0.4, -0.2) is 45.4 Å². The lowest BCUT2D eigenvalue weighted by Crippen LogP contribution is -2.32. The van der Waals surface area contributed by atoms with Crippen LogP contribution >= 0.6 is 0 Å². The summed E-state index contributed by atoms with van der Waals surface area (Å²) < 4.78 is 49.4. The van der Waals surface area contributed by atoms with Gasteiger partial charge in [-0.2, -0.15) is 17.5 Å². The van der Waals surface area contributed by atoms with Gasteiger partial charge in [-0.25, -0.2) is 4.21 Å². The normalized spacial score (nSPS) is 17.0. The highest BCUT2D eigenvalue weighted by Gasteiger charge is 2.39. The van der Waals surface area contributed by atoms with Crippen molar-refractivity contribution in [1.82, 2.24) is 0 Å². The first kappa shape index (κ1) is 15.8. The van der Waals surface area contributed by atoms with Crippen molar-refractivity contribution in [2.24, 2.45) is 10.1 Å². The average Bonchev–Trinajstić information content (AvgIpc) is 2.11. The topological polar surface area (TPSA) is 110 Å². The molecule has 0 aliphatic heterocycles. The van der Waals surface area contributed by atoms with Crippen molar-refractivity contribution in [3.63, 3.8) is 0 Å². The lowest BCUT2D eigenvalue weighted by Gasteiger charge is -2.07. The van der Waals surface area contributed by atoms with Gasteiger partial charge in [0.05, 0.1) is 9.73 Å². The maximum atomic E-state index is 11.8. The zero-order valence-corrected chi connectivity index (χ0v) is 9.55. The van der Waals surface area contributed by atoms with Gasteiger partial charge in [-0.3, -0.25) is 9.59 Å². The van der Waals surface area contributed by atoms with Crippen LogP contribution in [0.1, 0.15) is 6.42 Å². The molecule has 17 heavy (non-hydrogen) atoms. The number of carbonyl (C=O) groups excluding carboxylic acids is 1. The molecule has 0 aromatic heterocycles. The number of carboxylic acids is 1. The molecule has 0 fully saturated rings. The van der Waals surface area contributed by atoms with Crippen LogP contribution in [0.4, 0.5) is 13.2 Å². The minimum atomic E-state index is -5.19. The van der Waals surface area contributed by atoms with E-state index in [-0.39, 0.29) is 6.42 Å². The summed E-state index contributed by atoms with van der Waals surface area (Å²) in [6.07, 6.45) is -4.68. The first-order valence-corrected chi connectivity index (χ1v) is 6.34. The Labute approximate surface area is 95.2 Å². The molecular formula is C7H11F3N2O4S. The van der Waals surface area contributed by atoms with Crippen LogP contribution in [0.3, 0.4) is 0 Å². The van der Waals surface area contributed by atoms with Gasteiger partial charge in [0.25, 0.3) is 0 Å². The highest BCUT2D eigenvalue weighted by atomic mass is 32.2. The highest BCUT2D eigenvalue weighted by molar-refractivity contribution is 7.93. The van der Waals surface area contributed by atoms with E-state index in [0.717, 1.165) is 6.26 Å². The van der Waals surface area contributed by atoms with E-state index < -0.39 is 39.6 Å². The van der Waals surface area contributed by atoms with E-state index in [9.17, 15) is 27.0 Å². The standard InChI is InChI=1S/C7H11F3N2O4S/c1-17(16,3-2-4(11)5(13)14)12-6(15)7(8,9)10/h4H,2-3,11H2,1H3,(H,13,14). The van der Waals surface area contributed by atoms with E-state index in [2.05, 4.69) is 4.36 Å². The fourth-order valence-corrected chi connectivity index (χ4v) is 1.98. The molecule has 0 aromatic carbocycles. The average molecular weight is 276 g/mol. The molecule has 2 atom stereocenters. The number of alkyl halides is 3. The number of hydrogen-bond donors (Lipinski definition) is 2. The zero-order valence-electron chi connectivity index (χ0n) is 8.73. The van der Waals surface area contributed by atoms with Crippen molar-refractivity contribution in [2.75, 3.05) is 12.0 Å². The predicted molar refractivity (Wildman–Crippen MR) is 52.7 cm³/mol. The third-order valence-electron chi connectivity index (χ3n) is 1.64. The molecule has 0 saturated heterocycles. The Balaban J connectivity index is 4.70. The second kappa shape index (κ2) is 5.45. The number of halogens is 3. The number of amides is 1. The quantitative estimate of drug-likeness (QED) is 0.749. The van der Waals surface area contributed by atoms with Gasteiger partial charge in [0.1, 0.15) is 6.04 Å². The molecule has 0 bridgehead atoms. The number of carboxylic acid groups (broad SMARTS) is 1. The van der Waals surface area contributed by atoms with Gasteiger partial charge in [-0.1, -0.05) is 0 Å². The molecule has 0 saturated carbocycles. The van der Waals surface area contributed by atoms with Crippen molar-refractivity contribution in [3.8, 4) is 0 Å². The molecule has 100 valence electrons. The first-order valence-electron chi connectivity index (χ1n) is 4.25. The highest BCUT2D eigenvalue weighted by Crippen LogP contribution is 2.17. The number of rotatable bonds is 4. The summed E-state index contributed by atoms with van der Waals surface area (Å²) in [6, 6.07) is -1.35. The van der Waals surface area contributed by atoms with Crippen LogP contribution in [0.15, 0.2) is 4.36 Å². The van der Waals surface area contributed by atoms with Crippen LogP contribution in [0.2, 0.25) is 0 Å². The lowest BCUT2D eigenvalue weighted by atomic mass is 10.2. The third-order valence-corrected chi connectivity index (χ3v) is 3.19. The molecular weight excluding hydrogens is 265 g/mol. The van der Waals surface area contributed by atoms with Crippen LogP contribution < -0.4 is 5.73 Å². The van der Waals surface area contributed by atoms with Gasteiger partial charge in [-0.15, -0.1) is 0 Å². The van der Waals surface area contributed by atoms with Crippen molar-refractivity contribution in [2.45, 2.75) is 18.6 Å². The van der Waals surface area contributed by atoms with Crippen LogP contribution in [0.25, 0.3) is 0 Å². The molecule has 1 amide bonds. The van der Waals surface area contributed by atoms with Crippen molar-refractivity contribution >= 4 is 21.6 Å². The largest absolute Gasteiger partial charge is 0.480 e. The van der Waals surface area contributed by atoms with Crippen molar-refractivity contribution < 1.29 is 32.1 Å².